The molecule has 7 aromatic carbocycles. The van der Waals surface area contributed by atoms with Gasteiger partial charge in [0, 0.05) is 47.6 Å². The Morgan fingerprint density at radius 1 is 0.396 bits per heavy atom. The molecule has 0 saturated carbocycles. The number of aromatic nitrogens is 4. The number of hydrogen-bond acceptors (Lipinski definition) is 7. The van der Waals surface area contributed by atoms with E-state index in [-0.39, 0.29) is 0 Å². The summed E-state index contributed by atoms with van der Waals surface area (Å²) in [4.78, 5) is 20.0. The van der Waals surface area contributed by atoms with E-state index < -0.39 is 0 Å². The lowest BCUT2D eigenvalue weighted by Crippen LogP contribution is -2.00. The lowest BCUT2D eigenvalue weighted by atomic mass is 10.0. The molecule has 0 fully saturated rings. The van der Waals surface area contributed by atoms with Gasteiger partial charge in [0.1, 0.15) is 16.2 Å². The molecule has 0 aliphatic carbocycles. The van der Waals surface area contributed by atoms with Crippen molar-refractivity contribution in [2.75, 3.05) is 0 Å². The first kappa shape index (κ1) is 30.1. The van der Waals surface area contributed by atoms with Crippen molar-refractivity contribution >= 4 is 75.0 Å². The van der Waals surface area contributed by atoms with Crippen LogP contribution in [-0.4, -0.2) is 19.9 Å². The minimum atomic E-state index is 0.572. The second kappa shape index (κ2) is 12.0. The maximum Gasteiger partial charge on any atom is 0.167 e. The SMILES string of the molecule is c1ccc(-c2nc(-c3ccc(-c4cccc5c4sc4ccc(-c6nc7ccccc7s6)cc45)cc3)nc(-c3cccc4c3oc3ccccc34)n2)cc1. The third kappa shape index (κ3) is 5.04. The van der Waals surface area contributed by atoms with Crippen LogP contribution in [0.3, 0.4) is 0 Å². The lowest BCUT2D eigenvalue weighted by Gasteiger charge is -2.10. The van der Waals surface area contributed by atoms with Crippen molar-refractivity contribution in [3.8, 4) is 55.9 Å². The van der Waals surface area contributed by atoms with Crippen molar-refractivity contribution in [1.82, 2.24) is 19.9 Å². The molecule has 11 rings (SSSR count). The molecule has 11 aromatic rings. The fourth-order valence-electron chi connectivity index (χ4n) is 7.22. The zero-order valence-corrected chi connectivity index (χ0v) is 29.7. The summed E-state index contributed by atoms with van der Waals surface area (Å²) in [6.45, 7) is 0. The van der Waals surface area contributed by atoms with Crippen LogP contribution >= 0.6 is 22.7 Å². The van der Waals surface area contributed by atoms with E-state index >= 15 is 0 Å². The van der Waals surface area contributed by atoms with Crippen molar-refractivity contribution in [2.24, 2.45) is 0 Å². The van der Waals surface area contributed by atoms with Gasteiger partial charge in [-0.3, -0.25) is 0 Å². The summed E-state index contributed by atoms with van der Waals surface area (Å²) in [5, 5.41) is 5.66. The van der Waals surface area contributed by atoms with Crippen molar-refractivity contribution in [2.45, 2.75) is 0 Å². The largest absolute Gasteiger partial charge is 0.455 e. The number of thiazole rings is 1. The third-order valence-electron chi connectivity index (χ3n) is 9.80. The molecule has 248 valence electrons. The summed E-state index contributed by atoms with van der Waals surface area (Å²) < 4.78 is 10.1. The number of rotatable bonds is 5. The molecule has 0 aliphatic rings. The maximum absolute atomic E-state index is 6.39. The van der Waals surface area contributed by atoms with Crippen molar-refractivity contribution in [3.63, 3.8) is 0 Å². The quantitative estimate of drug-likeness (QED) is 0.178. The van der Waals surface area contributed by atoms with Crippen LogP contribution in [0.4, 0.5) is 0 Å². The highest BCUT2D eigenvalue weighted by molar-refractivity contribution is 7.26. The Bertz CT molecular complexity index is 3150. The van der Waals surface area contributed by atoms with E-state index in [1.807, 2.05) is 78.1 Å². The molecule has 53 heavy (non-hydrogen) atoms. The Morgan fingerprint density at radius 2 is 1.06 bits per heavy atom. The van der Waals surface area contributed by atoms with E-state index in [0.29, 0.717) is 17.5 Å². The molecule has 0 saturated heterocycles. The minimum absolute atomic E-state index is 0.572. The van der Waals surface area contributed by atoms with Crippen LogP contribution in [0.5, 0.6) is 0 Å². The summed E-state index contributed by atoms with van der Waals surface area (Å²) >= 11 is 3.58. The summed E-state index contributed by atoms with van der Waals surface area (Å²) in [7, 11) is 0. The molecule has 0 radical (unpaired) electrons. The van der Waals surface area contributed by atoms with E-state index in [9.17, 15) is 0 Å². The summed E-state index contributed by atoms with van der Waals surface area (Å²) in [5.74, 6) is 1.79. The van der Waals surface area contributed by atoms with Crippen molar-refractivity contribution < 1.29 is 4.42 Å². The second-order valence-corrected chi connectivity index (χ2v) is 15.1. The first-order chi connectivity index (χ1) is 26.2. The van der Waals surface area contributed by atoms with Gasteiger partial charge in [-0.1, -0.05) is 121 Å². The molecule has 0 unspecified atom stereocenters. The highest BCUT2D eigenvalue weighted by Crippen LogP contribution is 2.43. The predicted molar refractivity (Wildman–Crippen MR) is 220 cm³/mol. The molecule has 4 aromatic heterocycles. The number of hydrogen-bond donors (Lipinski definition) is 0. The fourth-order valence-corrected chi connectivity index (χ4v) is 9.40. The summed E-state index contributed by atoms with van der Waals surface area (Å²) in [5.41, 5.74) is 8.81. The molecule has 0 atom stereocenters. The highest BCUT2D eigenvalue weighted by atomic mass is 32.1. The van der Waals surface area contributed by atoms with Gasteiger partial charge in [0.2, 0.25) is 0 Å². The van der Waals surface area contributed by atoms with Gasteiger partial charge < -0.3 is 4.42 Å². The van der Waals surface area contributed by atoms with Crippen LogP contribution < -0.4 is 0 Å². The number of furan rings is 1. The molecule has 7 heteroatoms. The molecule has 0 aliphatic heterocycles. The highest BCUT2D eigenvalue weighted by Gasteiger charge is 2.18. The molecule has 0 bridgehead atoms. The van der Waals surface area contributed by atoms with Crippen LogP contribution in [0.25, 0.3) is 108 Å². The smallest absolute Gasteiger partial charge is 0.167 e. The number of fused-ring (bicyclic) bond motifs is 7. The number of para-hydroxylation sites is 3. The van der Waals surface area contributed by atoms with Crippen LogP contribution in [-0.2, 0) is 0 Å². The van der Waals surface area contributed by atoms with E-state index in [1.165, 1.54) is 30.4 Å². The Morgan fingerprint density at radius 3 is 1.91 bits per heavy atom. The van der Waals surface area contributed by atoms with Crippen LogP contribution in [0.15, 0.2) is 162 Å². The number of nitrogens with zero attached hydrogens (tertiary/aromatic N) is 4. The Balaban J connectivity index is 1.00. The molecule has 4 heterocycles. The third-order valence-corrected chi connectivity index (χ3v) is 12.1. The fraction of sp³-hybridized carbons (Fsp3) is 0. The minimum Gasteiger partial charge on any atom is -0.455 e. The van der Waals surface area contributed by atoms with Gasteiger partial charge >= 0.3 is 0 Å². The predicted octanol–water partition coefficient (Wildman–Crippen LogP) is 13.1. The van der Waals surface area contributed by atoms with Gasteiger partial charge in [0.15, 0.2) is 17.5 Å². The molecule has 0 N–H and O–H groups in total. The Hall–Kier alpha value is -6.54. The first-order valence-corrected chi connectivity index (χ1v) is 19.0. The maximum atomic E-state index is 6.39. The van der Waals surface area contributed by atoms with Gasteiger partial charge in [-0.05, 0) is 47.5 Å². The molecule has 5 nitrogen and oxygen atoms in total. The lowest BCUT2D eigenvalue weighted by molar-refractivity contribution is 0.669. The van der Waals surface area contributed by atoms with Gasteiger partial charge in [-0.2, -0.15) is 0 Å². The zero-order valence-electron chi connectivity index (χ0n) is 28.0. The molecule has 0 amide bonds. The summed E-state index contributed by atoms with van der Waals surface area (Å²) in [6, 6.07) is 54.6. The van der Waals surface area contributed by atoms with Crippen LogP contribution in [0.2, 0.25) is 0 Å². The average Bonchev–Trinajstić information content (AvgIpc) is 3.94. The van der Waals surface area contributed by atoms with Crippen LogP contribution in [0, 0.1) is 0 Å². The van der Waals surface area contributed by atoms with Gasteiger partial charge in [0.25, 0.3) is 0 Å². The normalized spacial score (nSPS) is 11.8. The summed E-state index contributed by atoms with van der Waals surface area (Å²) in [6.07, 6.45) is 0. The van der Waals surface area contributed by atoms with Gasteiger partial charge in [-0.15, -0.1) is 22.7 Å². The van der Waals surface area contributed by atoms with Crippen molar-refractivity contribution in [3.05, 3.63) is 158 Å². The Kier molecular flexibility index (Phi) is 6.83. The van der Waals surface area contributed by atoms with E-state index in [0.717, 1.165) is 60.3 Å². The Labute approximate surface area is 311 Å². The zero-order chi connectivity index (χ0) is 34.9. The number of benzene rings is 7. The van der Waals surface area contributed by atoms with Crippen molar-refractivity contribution in [1.29, 1.82) is 0 Å². The topological polar surface area (TPSA) is 64.7 Å². The number of thiophene rings is 1. The first-order valence-electron chi connectivity index (χ1n) is 17.4. The van der Waals surface area contributed by atoms with Gasteiger partial charge in [-0.25, -0.2) is 19.9 Å². The molecular weight excluding hydrogens is 689 g/mol. The van der Waals surface area contributed by atoms with Crippen LogP contribution in [0.1, 0.15) is 0 Å². The van der Waals surface area contributed by atoms with E-state index in [4.69, 9.17) is 24.4 Å². The molecule has 0 spiro atoms. The van der Waals surface area contributed by atoms with E-state index in [2.05, 4.69) is 91.0 Å². The standard InChI is InChI=1S/C46H26N4OS2/c1-2-10-28(11-3-1)43-48-44(50-45(49-43)35-16-9-14-33-32-12-4-6-18-38(32)51-41(33)35)29-22-20-27(21-23-29)31-13-8-15-34-36-26-30(24-25-39(36)52-42(31)34)46-47-37-17-5-7-19-40(37)53-46/h1-26H. The van der Waals surface area contributed by atoms with Gasteiger partial charge in [0.05, 0.1) is 15.8 Å². The average molecular weight is 715 g/mol. The monoisotopic (exact) mass is 714 g/mol. The molecular formula is C46H26N4OS2. The van der Waals surface area contributed by atoms with E-state index in [1.54, 1.807) is 11.3 Å². The second-order valence-electron chi connectivity index (χ2n) is 13.0.